The summed E-state index contributed by atoms with van der Waals surface area (Å²) in [4.78, 5) is 18.1. The zero-order valence-corrected chi connectivity index (χ0v) is 15.6. The lowest BCUT2D eigenvalue weighted by atomic mass is 9.96. The highest BCUT2D eigenvalue weighted by Gasteiger charge is 2.19. The second-order valence-electron chi connectivity index (χ2n) is 6.01. The molecule has 0 saturated heterocycles. The molecule has 0 aromatic carbocycles. The van der Waals surface area contributed by atoms with Crippen LogP contribution in [0, 0.1) is 20.8 Å². The van der Waals surface area contributed by atoms with E-state index in [9.17, 15) is 0 Å². The molecule has 0 N–H and O–H groups in total. The van der Waals surface area contributed by atoms with Crippen molar-refractivity contribution in [1.82, 2.24) is 19.9 Å². The smallest absolute Gasteiger partial charge is 0.194 e. The molecule has 0 bridgehead atoms. The van der Waals surface area contributed by atoms with Crippen LogP contribution >= 0.6 is 27.7 Å². The second kappa shape index (κ2) is 6.01. The highest BCUT2D eigenvalue weighted by molar-refractivity contribution is 9.10. The van der Waals surface area contributed by atoms with Gasteiger partial charge in [0.2, 0.25) is 0 Å². The van der Waals surface area contributed by atoms with E-state index in [1.165, 1.54) is 11.8 Å². The highest BCUT2D eigenvalue weighted by atomic mass is 79.9. The zero-order valence-electron chi connectivity index (χ0n) is 13.2. The third kappa shape index (κ3) is 4.01. The number of halogens is 1. The normalized spacial score (nSPS) is 11.8. The van der Waals surface area contributed by atoms with Crippen molar-refractivity contribution in [3.63, 3.8) is 0 Å². The van der Waals surface area contributed by atoms with Crippen LogP contribution in [0.4, 0.5) is 0 Å². The molecule has 21 heavy (non-hydrogen) atoms. The molecular formula is C15H19BrN4S. The van der Waals surface area contributed by atoms with E-state index in [1.807, 2.05) is 26.8 Å². The van der Waals surface area contributed by atoms with Gasteiger partial charge in [0.25, 0.3) is 0 Å². The maximum absolute atomic E-state index is 4.62. The molecule has 2 rings (SSSR count). The lowest BCUT2D eigenvalue weighted by Gasteiger charge is -2.17. The van der Waals surface area contributed by atoms with Gasteiger partial charge in [-0.1, -0.05) is 20.8 Å². The minimum atomic E-state index is -0.0982. The van der Waals surface area contributed by atoms with Crippen LogP contribution in [-0.4, -0.2) is 19.9 Å². The fourth-order valence-corrected chi connectivity index (χ4v) is 3.06. The van der Waals surface area contributed by atoms with E-state index >= 15 is 0 Å². The van der Waals surface area contributed by atoms with Gasteiger partial charge in [-0.05, 0) is 54.0 Å². The SMILES string of the molecule is Cc1nc(Sc2cc(Br)nc(C(C)(C)C)n2)nc(C)c1C. The molecule has 2 aromatic heterocycles. The molecule has 0 atom stereocenters. The molecule has 0 amide bonds. The molecule has 4 nitrogen and oxygen atoms in total. The largest absolute Gasteiger partial charge is 0.227 e. The molecule has 6 heteroatoms. The summed E-state index contributed by atoms with van der Waals surface area (Å²) in [5, 5.41) is 1.57. The van der Waals surface area contributed by atoms with Gasteiger partial charge in [0.05, 0.1) is 0 Å². The molecule has 0 spiro atoms. The summed E-state index contributed by atoms with van der Waals surface area (Å²) in [6.45, 7) is 12.3. The second-order valence-corrected chi connectivity index (χ2v) is 7.81. The van der Waals surface area contributed by atoms with Crippen LogP contribution in [0.2, 0.25) is 0 Å². The first-order chi connectivity index (χ1) is 9.66. The van der Waals surface area contributed by atoms with Crippen LogP contribution in [0.3, 0.4) is 0 Å². The first-order valence-corrected chi connectivity index (χ1v) is 8.32. The molecule has 0 aliphatic rings. The third-order valence-electron chi connectivity index (χ3n) is 3.15. The Kier molecular flexibility index (Phi) is 4.68. The molecule has 2 heterocycles. The van der Waals surface area contributed by atoms with Crippen molar-refractivity contribution in [2.45, 2.75) is 57.1 Å². The van der Waals surface area contributed by atoms with Gasteiger partial charge in [-0.25, -0.2) is 19.9 Å². The summed E-state index contributed by atoms with van der Waals surface area (Å²) in [6, 6.07) is 1.90. The Bertz CT molecular complexity index is 657. The molecule has 0 fully saturated rings. The van der Waals surface area contributed by atoms with Gasteiger partial charge < -0.3 is 0 Å². The van der Waals surface area contributed by atoms with Crippen LogP contribution in [0.25, 0.3) is 0 Å². The highest BCUT2D eigenvalue weighted by Crippen LogP contribution is 2.28. The van der Waals surface area contributed by atoms with Gasteiger partial charge in [0.15, 0.2) is 5.16 Å². The summed E-state index contributed by atoms with van der Waals surface area (Å²) >= 11 is 4.92. The maximum atomic E-state index is 4.62. The van der Waals surface area contributed by atoms with Gasteiger partial charge in [0.1, 0.15) is 15.5 Å². The van der Waals surface area contributed by atoms with Crippen molar-refractivity contribution in [2.24, 2.45) is 0 Å². The van der Waals surface area contributed by atoms with Crippen molar-refractivity contribution >= 4 is 27.7 Å². The Morgan fingerprint density at radius 3 is 2.05 bits per heavy atom. The molecule has 2 aromatic rings. The van der Waals surface area contributed by atoms with Crippen molar-refractivity contribution in [3.05, 3.63) is 33.4 Å². The van der Waals surface area contributed by atoms with Crippen molar-refractivity contribution in [1.29, 1.82) is 0 Å². The Morgan fingerprint density at radius 2 is 1.52 bits per heavy atom. The van der Waals surface area contributed by atoms with E-state index in [4.69, 9.17) is 0 Å². The summed E-state index contributed by atoms with van der Waals surface area (Å²) in [5.41, 5.74) is 3.06. The van der Waals surface area contributed by atoms with Gasteiger partial charge in [-0.3, -0.25) is 0 Å². The van der Waals surface area contributed by atoms with Gasteiger partial charge in [-0.15, -0.1) is 0 Å². The zero-order chi connectivity index (χ0) is 15.8. The molecule has 0 unspecified atom stereocenters. The van der Waals surface area contributed by atoms with E-state index < -0.39 is 0 Å². The quantitative estimate of drug-likeness (QED) is 0.582. The Morgan fingerprint density at radius 1 is 0.952 bits per heavy atom. The standard InChI is InChI=1S/C15H19BrN4S/c1-8-9(2)17-14(18-10(8)3)21-12-7-11(16)19-13(20-12)15(4,5)6/h7H,1-6H3. The van der Waals surface area contributed by atoms with E-state index in [2.05, 4.69) is 56.6 Å². The van der Waals surface area contributed by atoms with E-state index in [1.54, 1.807) is 0 Å². The number of hydrogen-bond acceptors (Lipinski definition) is 5. The molecule has 0 saturated carbocycles. The predicted octanol–water partition coefficient (Wildman–Crippen LogP) is 4.40. The molecular weight excluding hydrogens is 348 g/mol. The van der Waals surface area contributed by atoms with Crippen molar-refractivity contribution in [3.8, 4) is 0 Å². The van der Waals surface area contributed by atoms with Gasteiger partial charge in [-0.2, -0.15) is 0 Å². The van der Waals surface area contributed by atoms with Gasteiger partial charge in [0, 0.05) is 22.9 Å². The number of aryl methyl sites for hydroxylation is 2. The number of hydrogen-bond donors (Lipinski definition) is 0. The average Bonchev–Trinajstić information content (AvgIpc) is 2.34. The fraction of sp³-hybridized carbons (Fsp3) is 0.467. The average molecular weight is 367 g/mol. The number of nitrogens with zero attached hydrogens (tertiary/aromatic N) is 4. The van der Waals surface area contributed by atoms with Crippen molar-refractivity contribution in [2.75, 3.05) is 0 Å². The lowest BCUT2D eigenvalue weighted by molar-refractivity contribution is 0.536. The minimum Gasteiger partial charge on any atom is -0.227 e. The topological polar surface area (TPSA) is 51.6 Å². The maximum Gasteiger partial charge on any atom is 0.194 e. The third-order valence-corrected chi connectivity index (χ3v) is 4.34. The minimum absolute atomic E-state index is 0.0982. The first kappa shape index (κ1) is 16.4. The van der Waals surface area contributed by atoms with Crippen molar-refractivity contribution < 1.29 is 0 Å². The van der Waals surface area contributed by atoms with Crippen LogP contribution < -0.4 is 0 Å². The molecule has 0 aliphatic heterocycles. The molecule has 0 aliphatic carbocycles. The monoisotopic (exact) mass is 366 g/mol. The summed E-state index contributed by atoms with van der Waals surface area (Å²) < 4.78 is 0.783. The summed E-state index contributed by atoms with van der Waals surface area (Å²) in [7, 11) is 0. The van der Waals surface area contributed by atoms with E-state index in [0.717, 1.165) is 37.6 Å². The fourth-order valence-electron chi connectivity index (χ4n) is 1.67. The number of rotatable bonds is 2. The van der Waals surface area contributed by atoms with E-state index in [0.29, 0.717) is 0 Å². The van der Waals surface area contributed by atoms with Crippen LogP contribution in [0.5, 0.6) is 0 Å². The van der Waals surface area contributed by atoms with Gasteiger partial charge >= 0.3 is 0 Å². The van der Waals surface area contributed by atoms with Crippen LogP contribution in [-0.2, 0) is 5.41 Å². The Labute approximate surface area is 138 Å². The Hall–Kier alpha value is -1.01. The number of aromatic nitrogens is 4. The van der Waals surface area contributed by atoms with Crippen LogP contribution in [0.15, 0.2) is 20.9 Å². The van der Waals surface area contributed by atoms with E-state index in [-0.39, 0.29) is 5.41 Å². The molecule has 112 valence electrons. The predicted molar refractivity (Wildman–Crippen MR) is 88.8 cm³/mol. The Balaban J connectivity index is 2.38. The first-order valence-electron chi connectivity index (χ1n) is 6.71. The lowest BCUT2D eigenvalue weighted by Crippen LogP contribution is -2.16. The summed E-state index contributed by atoms with van der Waals surface area (Å²) in [5.74, 6) is 0.805. The summed E-state index contributed by atoms with van der Waals surface area (Å²) in [6.07, 6.45) is 0. The molecule has 0 radical (unpaired) electrons. The van der Waals surface area contributed by atoms with Crippen LogP contribution in [0.1, 0.15) is 43.5 Å².